The molecule has 1 fully saturated rings. The number of ether oxygens (including phenoxy) is 1. The molecule has 0 N–H and O–H groups in total. The number of carbonyl (C=O) groups is 1. The Kier molecular flexibility index (Phi) is 7.94. The predicted molar refractivity (Wildman–Crippen MR) is 124 cm³/mol. The van der Waals surface area contributed by atoms with E-state index < -0.39 is 5.82 Å². The van der Waals surface area contributed by atoms with Crippen molar-refractivity contribution in [2.75, 3.05) is 56.7 Å². The van der Waals surface area contributed by atoms with Gasteiger partial charge in [-0.05, 0) is 50.4 Å². The van der Waals surface area contributed by atoms with E-state index in [4.69, 9.17) is 4.74 Å². The molecule has 1 aliphatic rings. The van der Waals surface area contributed by atoms with Crippen molar-refractivity contribution in [1.82, 2.24) is 4.90 Å². The molecule has 1 aliphatic heterocycles. The number of anilines is 2. The monoisotopic (exact) mass is 442 g/mol. The molecule has 0 saturated carbocycles. The number of halogens is 2. The number of rotatable bonds is 7. The van der Waals surface area contributed by atoms with Crippen LogP contribution >= 0.6 is 0 Å². The average Bonchev–Trinajstić information content (AvgIpc) is 2.77. The Balaban J connectivity index is 1.81. The van der Waals surface area contributed by atoms with Crippen molar-refractivity contribution in [3.8, 4) is 5.75 Å². The highest BCUT2D eigenvalue weighted by molar-refractivity contribution is 5.99. The second-order valence-electron chi connectivity index (χ2n) is 7.70. The third kappa shape index (κ3) is 6.13. The lowest BCUT2D eigenvalue weighted by molar-refractivity contribution is -0.104. The average molecular weight is 443 g/mol. The zero-order valence-electron chi connectivity index (χ0n) is 18.6. The van der Waals surface area contributed by atoms with E-state index in [-0.39, 0.29) is 12.4 Å². The molecule has 0 radical (unpaired) electrons. The molecule has 0 aliphatic carbocycles. The smallest absolute Gasteiger partial charge is 0.148 e. The second kappa shape index (κ2) is 10.9. The summed E-state index contributed by atoms with van der Waals surface area (Å²) in [6, 6.07) is 10.9. The van der Waals surface area contributed by atoms with E-state index in [0.717, 1.165) is 26.2 Å². The third-order valence-corrected chi connectivity index (χ3v) is 5.33. The lowest BCUT2D eigenvalue weighted by atomic mass is 10.2. The predicted octanol–water partition coefficient (Wildman–Crippen LogP) is 3.73. The fourth-order valence-electron chi connectivity index (χ4n) is 3.41. The number of hydrogen-bond donors (Lipinski definition) is 0. The first-order chi connectivity index (χ1) is 15.4. The summed E-state index contributed by atoms with van der Waals surface area (Å²) in [7, 11) is 3.80. The van der Waals surface area contributed by atoms with Crippen molar-refractivity contribution < 1.29 is 18.3 Å². The van der Waals surface area contributed by atoms with Gasteiger partial charge in [0.2, 0.25) is 0 Å². The number of allylic oxidation sites excluding steroid dienone is 2. The van der Waals surface area contributed by atoms with Gasteiger partial charge in [0.25, 0.3) is 0 Å². The molecule has 0 bridgehead atoms. The Morgan fingerprint density at radius 3 is 2.56 bits per heavy atom. The first-order valence-electron chi connectivity index (χ1n) is 10.4. The van der Waals surface area contributed by atoms with Gasteiger partial charge in [-0.25, -0.2) is 13.8 Å². The number of piperazine rings is 1. The fraction of sp³-hybridized carbons (Fsp3) is 0.333. The van der Waals surface area contributed by atoms with Crippen LogP contribution in [0.5, 0.6) is 5.75 Å². The lowest BCUT2D eigenvalue weighted by Crippen LogP contribution is -2.44. The van der Waals surface area contributed by atoms with Crippen LogP contribution in [-0.4, -0.2) is 63.9 Å². The quantitative estimate of drug-likeness (QED) is 0.283. The SMILES string of the molecule is CC(=C/C=O)/N=C(/COc1cccc(F)c1)N(C)c1ccc(N2CCN(C)CC2)c(F)c1. The van der Waals surface area contributed by atoms with Crippen LogP contribution in [0.2, 0.25) is 0 Å². The maximum atomic E-state index is 15.0. The van der Waals surface area contributed by atoms with E-state index in [2.05, 4.69) is 16.9 Å². The van der Waals surface area contributed by atoms with Crippen LogP contribution in [0.3, 0.4) is 0 Å². The Labute approximate surface area is 187 Å². The molecule has 3 rings (SSSR count). The number of amidine groups is 1. The molecule has 6 nitrogen and oxygen atoms in total. The number of aliphatic imine (C=N–C) groups is 1. The van der Waals surface area contributed by atoms with Crippen molar-refractivity contribution in [3.63, 3.8) is 0 Å². The molecule has 0 aromatic heterocycles. The molecule has 2 aromatic carbocycles. The maximum absolute atomic E-state index is 15.0. The van der Waals surface area contributed by atoms with E-state index in [1.54, 1.807) is 37.1 Å². The standard InChI is InChI=1S/C24H28F2N4O2/c1-18(9-14-31)27-24(17-32-21-6-4-5-19(25)15-21)29(3)20-7-8-23(22(26)16-20)30-12-10-28(2)11-13-30/h4-9,14-16H,10-13,17H2,1-3H3/b18-9-,27-24-. The van der Waals surface area contributed by atoms with Gasteiger partial charge in [-0.1, -0.05) is 6.07 Å². The third-order valence-electron chi connectivity index (χ3n) is 5.33. The van der Waals surface area contributed by atoms with E-state index in [0.29, 0.717) is 34.9 Å². The number of hydrogen-bond acceptors (Lipinski definition) is 5. The van der Waals surface area contributed by atoms with Crippen molar-refractivity contribution in [2.24, 2.45) is 4.99 Å². The summed E-state index contributed by atoms with van der Waals surface area (Å²) in [6.45, 7) is 5.00. The first kappa shape index (κ1) is 23.4. The van der Waals surface area contributed by atoms with Crippen molar-refractivity contribution in [3.05, 3.63) is 65.9 Å². The van der Waals surface area contributed by atoms with Gasteiger partial charge in [0, 0.05) is 50.7 Å². The minimum absolute atomic E-state index is 0.00577. The van der Waals surface area contributed by atoms with Crippen LogP contribution < -0.4 is 14.5 Å². The number of benzene rings is 2. The van der Waals surface area contributed by atoms with Crippen LogP contribution in [0.15, 0.2) is 59.2 Å². The van der Waals surface area contributed by atoms with E-state index in [9.17, 15) is 13.6 Å². The molecular formula is C24H28F2N4O2. The summed E-state index contributed by atoms with van der Waals surface area (Å²) in [5.41, 5.74) is 1.63. The Hall–Kier alpha value is -3.26. The summed E-state index contributed by atoms with van der Waals surface area (Å²) < 4.78 is 34.1. The molecular weight excluding hydrogens is 414 g/mol. The van der Waals surface area contributed by atoms with Gasteiger partial charge in [-0.2, -0.15) is 0 Å². The summed E-state index contributed by atoms with van der Waals surface area (Å²) in [4.78, 5) is 21.2. The molecule has 2 aromatic rings. The first-order valence-corrected chi connectivity index (χ1v) is 10.4. The summed E-state index contributed by atoms with van der Waals surface area (Å²) >= 11 is 0. The van der Waals surface area contributed by atoms with Gasteiger partial charge in [0.1, 0.15) is 36.1 Å². The number of aldehydes is 1. The minimum Gasteiger partial charge on any atom is -0.486 e. The highest BCUT2D eigenvalue weighted by Gasteiger charge is 2.19. The molecule has 1 saturated heterocycles. The summed E-state index contributed by atoms with van der Waals surface area (Å²) in [5.74, 6) is 0.0636. The summed E-state index contributed by atoms with van der Waals surface area (Å²) in [6.07, 6.45) is 1.97. The van der Waals surface area contributed by atoms with Crippen LogP contribution in [0.1, 0.15) is 6.92 Å². The van der Waals surface area contributed by atoms with Gasteiger partial charge in [0.15, 0.2) is 0 Å². The van der Waals surface area contributed by atoms with E-state index in [1.165, 1.54) is 24.3 Å². The molecule has 0 amide bonds. The zero-order chi connectivity index (χ0) is 23.1. The van der Waals surface area contributed by atoms with Crippen LogP contribution in [-0.2, 0) is 4.79 Å². The highest BCUT2D eigenvalue weighted by atomic mass is 19.1. The molecule has 170 valence electrons. The van der Waals surface area contributed by atoms with Gasteiger partial charge < -0.3 is 19.4 Å². The molecule has 0 atom stereocenters. The fourth-order valence-corrected chi connectivity index (χ4v) is 3.41. The summed E-state index contributed by atoms with van der Waals surface area (Å²) in [5, 5.41) is 0. The van der Waals surface area contributed by atoms with E-state index in [1.807, 2.05) is 11.0 Å². The Morgan fingerprint density at radius 2 is 1.91 bits per heavy atom. The number of nitrogens with zero attached hydrogens (tertiary/aromatic N) is 4. The second-order valence-corrected chi connectivity index (χ2v) is 7.70. The van der Waals surface area contributed by atoms with Gasteiger partial charge >= 0.3 is 0 Å². The number of likely N-dealkylation sites (N-methyl/N-ethyl adjacent to an activating group) is 2. The normalized spacial score (nSPS) is 15.6. The van der Waals surface area contributed by atoms with Crippen LogP contribution in [0.4, 0.5) is 20.2 Å². The van der Waals surface area contributed by atoms with Gasteiger partial charge in [-0.15, -0.1) is 0 Å². The molecule has 0 unspecified atom stereocenters. The Morgan fingerprint density at radius 1 is 1.16 bits per heavy atom. The van der Waals surface area contributed by atoms with E-state index >= 15 is 0 Å². The number of carbonyl (C=O) groups excluding carboxylic acids is 1. The minimum atomic E-state index is -0.409. The van der Waals surface area contributed by atoms with Gasteiger partial charge in [-0.3, -0.25) is 4.79 Å². The van der Waals surface area contributed by atoms with Crippen molar-refractivity contribution >= 4 is 23.5 Å². The largest absolute Gasteiger partial charge is 0.486 e. The molecule has 32 heavy (non-hydrogen) atoms. The van der Waals surface area contributed by atoms with Crippen molar-refractivity contribution in [2.45, 2.75) is 6.92 Å². The highest BCUT2D eigenvalue weighted by Crippen LogP contribution is 2.26. The lowest BCUT2D eigenvalue weighted by Gasteiger charge is -2.34. The topological polar surface area (TPSA) is 48.4 Å². The zero-order valence-corrected chi connectivity index (χ0v) is 18.6. The van der Waals surface area contributed by atoms with Crippen LogP contribution in [0, 0.1) is 11.6 Å². The molecule has 0 spiro atoms. The van der Waals surface area contributed by atoms with Gasteiger partial charge in [0.05, 0.1) is 5.69 Å². The molecule has 1 heterocycles. The van der Waals surface area contributed by atoms with Crippen LogP contribution in [0.25, 0.3) is 0 Å². The van der Waals surface area contributed by atoms with Crippen molar-refractivity contribution in [1.29, 1.82) is 0 Å². The molecule has 8 heteroatoms. The maximum Gasteiger partial charge on any atom is 0.148 e. The Bertz CT molecular complexity index is 1000.